The quantitative estimate of drug-likeness (QED) is 0.284. The molecule has 1 aliphatic heterocycles. The topological polar surface area (TPSA) is 86.3 Å². The Morgan fingerprint density at radius 1 is 1.07 bits per heavy atom. The van der Waals surface area contributed by atoms with Crippen molar-refractivity contribution in [2.24, 2.45) is 4.99 Å². The smallest absolute Gasteiger partial charge is 0.338 e. The second kappa shape index (κ2) is 11.8. The van der Waals surface area contributed by atoms with Gasteiger partial charge < -0.3 is 18.8 Å². The van der Waals surface area contributed by atoms with Crippen LogP contribution >= 0.6 is 11.3 Å². The van der Waals surface area contributed by atoms with Crippen molar-refractivity contribution in [1.82, 2.24) is 4.57 Å². The number of furan rings is 1. The molecule has 3 heterocycles. The molecule has 0 saturated heterocycles. The third-order valence-corrected chi connectivity index (χ3v) is 7.73. The van der Waals surface area contributed by atoms with E-state index in [1.165, 1.54) is 11.3 Å². The summed E-state index contributed by atoms with van der Waals surface area (Å²) in [6.45, 7) is 7.69. The van der Waals surface area contributed by atoms with E-state index in [1.807, 2.05) is 66.7 Å². The van der Waals surface area contributed by atoms with Gasteiger partial charge in [0.2, 0.25) is 0 Å². The van der Waals surface area contributed by atoms with Gasteiger partial charge in [0.15, 0.2) is 10.7 Å². The van der Waals surface area contributed by atoms with E-state index >= 15 is 0 Å². The molecule has 5 rings (SSSR count). The Kier molecular flexibility index (Phi) is 8.02. The Balaban J connectivity index is 1.77. The zero-order chi connectivity index (χ0) is 28.2. The van der Waals surface area contributed by atoms with Crippen molar-refractivity contribution in [2.75, 3.05) is 31.7 Å². The molecule has 2 aromatic heterocycles. The molecule has 4 aromatic rings. The van der Waals surface area contributed by atoms with E-state index < -0.39 is 12.0 Å². The van der Waals surface area contributed by atoms with Gasteiger partial charge in [-0.1, -0.05) is 53.8 Å². The number of carbonyl (C=O) groups is 1. The number of anilines is 1. The molecule has 0 saturated carbocycles. The molecule has 1 aliphatic rings. The molecule has 0 radical (unpaired) electrons. The van der Waals surface area contributed by atoms with Crippen LogP contribution < -0.4 is 24.5 Å². The summed E-state index contributed by atoms with van der Waals surface area (Å²) in [5.74, 6) is 1.40. The standard InChI is InChI=1S/C31H31N3O5S/c1-5-33(6-2)25-17-16-23(39-25)19-24-29(35)34-28(21-14-11-15-22(18-21)37-4)26(30(36)38-7-3)27(32-31(34)40-24)20-12-9-8-10-13-20/h8-19,28H,5-7H2,1-4H3/b24-19-/t28-/m0/s1. The van der Waals surface area contributed by atoms with Crippen LogP contribution in [0.4, 0.5) is 5.88 Å². The molecule has 1 atom stereocenters. The lowest BCUT2D eigenvalue weighted by molar-refractivity contribution is -0.138. The van der Waals surface area contributed by atoms with E-state index in [2.05, 4.69) is 18.7 Å². The van der Waals surface area contributed by atoms with Gasteiger partial charge in [0.05, 0.1) is 35.6 Å². The molecular formula is C31H31N3O5S. The third-order valence-electron chi connectivity index (χ3n) is 6.74. The van der Waals surface area contributed by atoms with Crippen LogP contribution in [0.25, 0.3) is 11.8 Å². The number of thiazole rings is 1. The van der Waals surface area contributed by atoms with Crippen molar-refractivity contribution in [1.29, 1.82) is 0 Å². The largest absolute Gasteiger partial charge is 0.497 e. The first kappa shape index (κ1) is 27.2. The van der Waals surface area contributed by atoms with Crippen LogP contribution in [0.3, 0.4) is 0 Å². The van der Waals surface area contributed by atoms with E-state index in [4.69, 9.17) is 18.9 Å². The second-order valence-corrected chi connectivity index (χ2v) is 10.1. The number of hydrogen-bond donors (Lipinski definition) is 0. The van der Waals surface area contributed by atoms with Gasteiger partial charge in [-0.25, -0.2) is 9.79 Å². The summed E-state index contributed by atoms with van der Waals surface area (Å²) in [6.07, 6.45) is 1.73. The molecule has 9 heteroatoms. The zero-order valence-electron chi connectivity index (χ0n) is 22.9. The molecule has 0 amide bonds. The number of aromatic nitrogens is 1. The van der Waals surface area contributed by atoms with E-state index in [0.29, 0.717) is 37.7 Å². The summed E-state index contributed by atoms with van der Waals surface area (Å²) >= 11 is 1.26. The average Bonchev–Trinajstić information content (AvgIpc) is 3.57. The number of esters is 1. The van der Waals surface area contributed by atoms with Crippen LogP contribution in [0.2, 0.25) is 0 Å². The molecule has 40 heavy (non-hydrogen) atoms. The van der Waals surface area contributed by atoms with Crippen molar-refractivity contribution < 1.29 is 18.7 Å². The van der Waals surface area contributed by atoms with Crippen LogP contribution in [-0.4, -0.2) is 37.3 Å². The first-order valence-corrected chi connectivity index (χ1v) is 14.1. The highest BCUT2D eigenvalue weighted by Crippen LogP contribution is 2.36. The number of methoxy groups -OCH3 is 1. The fourth-order valence-corrected chi connectivity index (χ4v) is 5.80. The minimum atomic E-state index is -0.773. The van der Waals surface area contributed by atoms with Crippen molar-refractivity contribution in [3.63, 3.8) is 0 Å². The molecule has 8 nitrogen and oxygen atoms in total. The summed E-state index contributed by atoms with van der Waals surface area (Å²) < 4.78 is 19.1. The Labute approximate surface area is 236 Å². The van der Waals surface area contributed by atoms with Gasteiger partial charge in [-0.05, 0) is 44.5 Å². The van der Waals surface area contributed by atoms with Gasteiger partial charge >= 0.3 is 5.97 Å². The van der Waals surface area contributed by atoms with Gasteiger partial charge in [-0.15, -0.1) is 0 Å². The maximum atomic E-state index is 14.0. The van der Waals surface area contributed by atoms with Crippen molar-refractivity contribution >= 4 is 35.0 Å². The maximum Gasteiger partial charge on any atom is 0.338 e. The Morgan fingerprint density at radius 2 is 1.85 bits per heavy atom. The number of carbonyl (C=O) groups excluding carboxylic acids is 1. The summed E-state index contributed by atoms with van der Waals surface area (Å²) in [7, 11) is 1.58. The lowest BCUT2D eigenvalue weighted by atomic mass is 9.93. The fourth-order valence-electron chi connectivity index (χ4n) is 4.82. The van der Waals surface area contributed by atoms with Gasteiger partial charge in [0, 0.05) is 30.8 Å². The molecule has 2 aromatic carbocycles. The van der Waals surface area contributed by atoms with Crippen molar-refractivity contribution in [3.05, 3.63) is 109 Å². The van der Waals surface area contributed by atoms with Gasteiger partial charge in [-0.3, -0.25) is 9.36 Å². The lowest BCUT2D eigenvalue weighted by Gasteiger charge is -2.26. The predicted molar refractivity (Wildman–Crippen MR) is 156 cm³/mol. The fraction of sp³-hybridized carbons (Fsp3) is 0.258. The van der Waals surface area contributed by atoms with E-state index in [9.17, 15) is 9.59 Å². The summed E-state index contributed by atoms with van der Waals surface area (Å²) in [5, 5.41) is 0. The van der Waals surface area contributed by atoms with Gasteiger partial charge in [0.1, 0.15) is 11.5 Å². The average molecular weight is 558 g/mol. The summed E-state index contributed by atoms with van der Waals surface area (Å²) in [5.41, 5.74) is 1.96. The Bertz CT molecular complexity index is 1730. The second-order valence-electron chi connectivity index (χ2n) is 9.06. The highest BCUT2D eigenvalue weighted by molar-refractivity contribution is 7.07. The van der Waals surface area contributed by atoms with Gasteiger partial charge in [-0.2, -0.15) is 0 Å². The highest BCUT2D eigenvalue weighted by Gasteiger charge is 2.35. The van der Waals surface area contributed by atoms with Crippen LogP contribution in [0, 0.1) is 0 Å². The third kappa shape index (κ3) is 5.12. The highest BCUT2D eigenvalue weighted by atomic mass is 32.1. The molecule has 0 N–H and O–H groups in total. The van der Waals surface area contributed by atoms with Gasteiger partial charge in [0.25, 0.3) is 5.56 Å². The first-order valence-electron chi connectivity index (χ1n) is 13.3. The Morgan fingerprint density at radius 3 is 2.55 bits per heavy atom. The van der Waals surface area contributed by atoms with E-state index in [0.717, 1.165) is 24.5 Å². The van der Waals surface area contributed by atoms with Crippen LogP contribution in [-0.2, 0) is 9.53 Å². The van der Waals surface area contributed by atoms with Crippen molar-refractivity contribution in [2.45, 2.75) is 26.8 Å². The summed E-state index contributed by atoms with van der Waals surface area (Å²) in [4.78, 5) is 35.0. The molecule has 0 aliphatic carbocycles. The molecule has 0 bridgehead atoms. The number of nitrogens with zero attached hydrogens (tertiary/aromatic N) is 3. The SMILES string of the molecule is CCOC(=O)C1=C(c2ccccc2)N=c2s/c(=C\c3ccc(N(CC)CC)o3)c(=O)n2[C@H]1c1cccc(OC)c1. The molecule has 0 fully saturated rings. The minimum absolute atomic E-state index is 0.188. The van der Waals surface area contributed by atoms with E-state index in [-0.39, 0.29) is 12.2 Å². The normalized spacial score (nSPS) is 15.0. The predicted octanol–water partition coefficient (Wildman–Crippen LogP) is 4.38. The zero-order valence-corrected chi connectivity index (χ0v) is 23.7. The van der Waals surface area contributed by atoms with Crippen molar-refractivity contribution in [3.8, 4) is 5.75 Å². The number of benzene rings is 2. The number of ether oxygens (including phenoxy) is 2. The molecule has 206 valence electrons. The number of rotatable bonds is 9. The molecule has 0 unspecified atom stereocenters. The van der Waals surface area contributed by atoms with Crippen LogP contribution in [0.15, 0.2) is 86.5 Å². The number of hydrogen-bond acceptors (Lipinski definition) is 8. The maximum absolute atomic E-state index is 14.0. The Hall–Kier alpha value is -4.37. The monoisotopic (exact) mass is 557 g/mol. The van der Waals surface area contributed by atoms with Crippen LogP contribution in [0.1, 0.15) is 43.7 Å². The van der Waals surface area contributed by atoms with Crippen LogP contribution in [0.5, 0.6) is 5.75 Å². The number of fused-ring (bicyclic) bond motifs is 1. The minimum Gasteiger partial charge on any atom is -0.497 e. The molecular weight excluding hydrogens is 526 g/mol. The molecule has 0 spiro atoms. The lowest BCUT2D eigenvalue weighted by Crippen LogP contribution is -2.40. The first-order chi connectivity index (χ1) is 19.5. The van der Waals surface area contributed by atoms with E-state index in [1.54, 1.807) is 24.7 Å². The summed E-state index contributed by atoms with van der Waals surface area (Å²) in [6, 6.07) is 19.8.